The summed E-state index contributed by atoms with van der Waals surface area (Å²) in [4.78, 5) is 32.6. The smallest absolute Gasteiger partial charge is 0.338 e. The van der Waals surface area contributed by atoms with E-state index in [4.69, 9.17) is 42.4 Å². The summed E-state index contributed by atoms with van der Waals surface area (Å²) in [6.07, 6.45) is 1.90. The first-order valence-electron chi connectivity index (χ1n) is 15.9. The van der Waals surface area contributed by atoms with Gasteiger partial charge in [-0.15, -0.1) is 0 Å². The molecule has 0 saturated heterocycles. The Morgan fingerprint density at radius 3 is 2.29 bits per heavy atom. The number of fused-ring (bicyclic) bond motifs is 1. The van der Waals surface area contributed by atoms with E-state index >= 15 is 0 Å². The summed E-state index contributed by atoms with van der Waals surface area (Å²) in [5.74, 6) is 0.918. The molecule has 0 fully saturated rings. The first kappa shape index (κ1) is 34.3. The molecule has 1 aliphatic heterocycles. The van der Waals surface area contributed by atoms with Crippen LogP contribution in [0, 0.1) is 13.8 Å². The molecule has 11 heteroatoms. The van der Waals surface area contributed by atoms with E-state index in [0.29, 0.717) is 55.4 Å². The van der Waals surface area contributed by atoms with E-state index in [9.17, 15) is 9.59 Å². The fourth-order valence-electron chi connectivity index (χ4n) is 5.98. The van der Waals surface area contributed by atoms with E-state index in [2.05, 4.69) is 10.6 Å². The third-order valence-corrected chi connectivity index (χ3v) is 9.86. The summed E-state index contributed by atoms with van der Waals surface area (Å²) in [5.41, 5.74) is 6.07. The number of esters is 1. The van der Waals surface area contributed by atoms with Gasteiger partial charge in [-0.3, -0.25) is 9.36 Å². The van der Waals surface area contributed by atoms with E-state index in [0.717, 1.165) is 33.8 Å². The fourth-order valence-corrected chi connectivity index (χ4v) is 7.48. The van der Waals surface area contributed by atoms with Gasteiger partial charge in [-0.1, -0.05) is 52.7 Å². The van der Waals surface area contributed by atoms with E-state index in [1.165, 1.54) is 11.3 Å². The number of carbonyl (C=O) groups is 1. The molecule has 1 aliphatic rings. The Bertz CT molecular complexity index is 2250. The number of hydrogen-bond donors (Lipinski definition) is 0. The monoisotopic (exact) mass is 715 g/mol. The van der Waals surface area contributed by atoms with Crippen molar-refractivity contribution in [2.45, 2.75) is 47.3 Å². The second-order valence-corrected chi connectivity index (χ2v) is 13.3. The Morgan fingerprint density at radius 1 is 0.918 bits per heavy atom. The maximum Gasteiger partial charge on any atom is 0.338 e. The molecule has 0 spiro atoms. The number of hydrogen-bond acceptors (Lipinski definition) is 7. The van der Waals surface area contributed by atoms with Gasteiger partial charge in [0.05, 0.1) is 35.1 Å². The highest BCUT2D eigenvalue weighted by molar-refractivity contribution is 7.07. The van der Waals surface area contributed by atoms with Crippen LogP contribution in [0.2, 0.25) is 10.0 Å². The number of halogens is 2. The topological polar surface area (TPSA) is 84.0 Å². The lowest BCUT2D eigenvalue weighted by Gasteiger charge is -2.24. The van der Waals surface area contributed by atoms with Crippen molar-refractivity contribution in [2.75, 3.05) is 13.2 Å². The second kappa shape index (κ2) is 14.5. The fraction of sp³-hybridized carbons (Fsp3) is 0.237. The standard InChI is InChI=1S/C38H35Cl2N3O5S/c1-6-46-30-14-9-25(10-15-30)35-34(37(45)47-7-2)23(4)41-38-43(35)36(44)33(49-38)19-27-18-22(3)42(24(27)5)29-12-16-31(17-13-29)48-21-26-8-11-28(39)20-32(26)40/h8-20,35H,6-7,21H2,1-5H3/b33-19-/t35-/m0/s1. The summed E-state index contributed by atoms with van der Waals surface area (Å²) in [6, 6.07) is 22.0. The first-order valence-corrected chi connectivity index (χ1v) is 17.4. The SMILES string of the molecule is CCOC(=O)C1=C(C)N=c2s/c(=C\c3cc(C)n(-c4ccc(OCc5ccc(Cl)cc5Cl)cc4)c3C)c(=O)n2[C@H]1c1ccc(OCC)cc1. The molecule has 0 saturated carbocycles. The molecule has 1 atom stereocenters. The quantitative estimate of drug-likeness (QED) is 0.140. The van der Waals surface area contributed by atoms with Crippen molar-refractivity contribution >= 4 is 46.6 Å². The Labute approximate surface area is 298 Å². The van der Waals surface area contributed by atoms with Crippen LogP contribution in [0.5, 0.6) is 11.5 Å². The van der Waals surface area contributed by atoms with Crippen molar-refractivity contribution < 1.29 is 19.0 Å². The lowest BCUT2D eigenvalue weighted by atomic mass is 9.96. The number of carbonyl (C=O) groups excluding carboxylic acids is 1. The van der Waals surface area contributed by atoms with Gasteiger partial charge in [-0.2, -0.15) is 0 Å². The van der Waals surface area contributed by atoms with E-state index in [1.807, 2.05) is 81.4 Å². The van der Waals surface area contributed by atoms with Gasteiger partial charge in [-0.05, 0) is 106 Å². The number of ether oxygens (including phenoxy) is 3. The predicted octanol–water partition coefficient (Wildman–Crippen LogP) is 7.49. The van der Waals surface area contributed by atoms with Crippen molar-refractivity contribution in [2.24, 2.45) is 4.99 Å². The number of rotatable bonds is 10. The summed E-state index contributed by atoms with van der Waals surface area (Å²) in [6.45, 7) is 10.6. The molecular formula is C38H35Cl2N3O5S. The van der Waals surface area contributed by atoms with Crippen molar-refractivity contribution in [1.29, 1.82) is 0 Å². The molecule has 0 amide bonds. The lowest BCUT2D eigenvalue weighted by molar-refractivity contribution is -0.139. The normalized spacial score (nSPS) is 14.4. The zero-order valence-electron chi connectivity index (χ0n) is 27.8. The molecule has 5 aromatic rings. The second-order valence-electron chi connectivity index (χ2n) is 11.5. The highest BCUT2D eigenvalue weighted by Gasteiger charge is 2.33. The van der Waals surface area contributed by atoms with Gasteiger partial charge < -0.3 is 18.8 Å². The maximum absolute atomic E-state index is 14.2. The third kappa shape index (κ3) is 6.97. The number of nitrogens with zero attached hydrogens (tertiary/aromatic N) is 3. The molecule has 49 heavy (non-hydrogen) atoms. The molecule has 6 rings (SSSR count). The number of aryl methyl sites for hydroxylation is 1. The minimum atomic E-state index is -0.697. The zero-order valence-corrected chi connectivity index (χ0v) is 30.1. The van der Waals surface area contributed by atoms with Gasteiger partial charge in [0.1, 0.15) is 18.1 Å². The number of allylic oxidation sites excluding steroid dienone is 1. The minimum Gasteiger partial charge on any atom is -0.494 e. The van der Waals surface area contributed by atoms with Crippen LogP contribution in [0.25, 0.3) is 11.8 Å². The maximum atomic E-state index is 14.2. The molecule has 0 aliphatic carbocycles. The highest BCUT2D eigenvalue weighted by Crippen LogP contribution is 2.32. The summed E-state index contributed by atoms with van der Waals surface area (Å²) in [5, 5.41) is 1.14. The van der Waals surface area contributed by atoms with E-state index in [-0.39, 0.29) is 12.2 Å². The summed E-state index contributed by atoms with van der Waals surface area (Å²) in [7, 11) is 0. The molecule has 2 aromatic heterocycles. The van der Waals surface area contributed by atoms with Crippen LogP contribution in [0.4, 0.5) is 0 Å². The van der Waals surface area contributed by atoms with Crippen LogP contribution >= 0.6 is 34.5 Å². The predicted molar refractivity (Wildman–Crippen MR) is 194 cm³/mol. The Kier molecular flexibility index (Phi) is 10.2. The number of benzene rings is 3. The van der Waals surface area contributed by atoms with Crippen LogP contribution < -0.4 is 24.4 Å². The molecule has 0 N–H and O–H groups in total. The van der Waals surface area contributed by atoms with Gasteiger partial charge >= 0.3 is 5.97 Å². The van der Waals surface area contributed by atoms with Gasteiger partial charge in [0.25, 0.3) is 5.56 Å². The van der Waals surface area contributed by atoms with Crippen LogP contribution in [0.3, 0.4) is 0 Å². The van der Waals surface area contributed by atoms with E-state index in [1.54, 1.807) is 30.5 Å². The Balaban J connectivity index is 1.34. The van der Waals surface area contributed by atoms with Crippen LogP contribution in [-0.2, 0) is 16.1 Å². The molecule has 0 unspecified atom stereocenters. The van der Waals surface area contributed by atoms with Gasteiger partial charge in [-0.25, -0.2) is 9.79 Å². The molecule has 252 valence electrons. The summed E-state index contributed by atoms with van der Waals surface area (Å²) >= 11 is 13.6. The Hall–Kier alpha value is -4.57. The molecule has 8 nitrogen and oxygen atoms in total. The molecule has 0 radical (unpaired) electrons. The van der Waals surface area contributed by atoms with Crippen molar-refractivity contribution in [1.82, 2.24) is 9.13 Å². The van der Waals surface area contributed by atoms with E-state index < -0.39 is 12.0 Å². The largest absolute Gasteiger partial charge is 0.494 e. The Morgan fingerprint density at radius 2 is 1.61 bits per heavy atom. The van der Waals surface area contributed by atoms with Gasteiger partial charge in [0, 0.05) is 32.7 Å². The molecule has 3 aromatic carbocycles. The van der Waals surface area contributed by atoms with Crippen LogP contribution in [0.15, 0.2) is 93.9 Å². The first-order chi connectivity index (χ1) is 23.6. The van der Waals surface area contributed by atoms with Crippen LogP contribution in [0.1, 0.15) is 54.9 Å². The average Bonchev–Trinajstić information content (AvgIpc) is 3.53. The van der Waals surface area contributed by atoms with Crippen molar-refractivity contribution in [3.63, 3.8) is 0 Å². The highest BCUT2D eigenvalue weighted by atomic mass is 35.5. The average molecular weight is 717 g/mol. The van der Waals surface area contributed by atoms with Crippen LogP contribution in [-0.4, -0.2) is 28.3 Å². The molecule has 0 bridgehead atoms. The lowest BCUT2D eigenvalue weighted by Crippen LogP contribution is -2.39. The minimum absolute atomic E-state index is 0.208. The zero-order chi connectivity index (χ0) is 34.8. The van der Waals surface area contributed by atoms with Gasteiger partial charge in [0.15, 0.2) is 4.80 Å². The van der Waals surface area contributed by atoms with Gasteiger partial charge in [0.2, 0.25) is 0 Å². The number of aromatic nitrogens is 2. The number of thiazole rings is 1. The molecular weight excluding hydrogens is 681 g/mol. The molecule has 3 heterocycles. The van der Waals surface area contributed by atoms with Crippen molar-refractivity contribution in [3.05, 3.63) is 142 Å². The van der Waals surface area contributed by atoms with Crippen molar-refractivity contribution in [3.8, 4) is 17.2 Å². The summed E-state index contributed by atoms with van der Waals surface area (Å²) < 4.78 is 21.3. The third-order valence-electron chi connectivity index (χ3n) is 8.29.